The van der Waals surface area contributed by atoms with Gasteiger partial charge in [-0.1, -0.05) is 20.8 Å². The Morgan fingerprint density at radius 1 is 0.774 bits per heavy atom. The van der Waals surface area contributed by atoms with Crippen molar-refractivity contribution < 1.29 is 105 Å². The number of alkyl halides is 12. The van der Waals surface area contributed by atoms with Gasteiger partial charge in [-0.2, -0.15) is 52.7 Å². The minimum atomic E-state index is -5.80. The second-order valence-corrected chi connectivity index (χ2v) is 13.4. The van der Waals surface area contributed by atoms with Crippen molar-refractivity contribution in [2.24, 2.45) is 17.3 Å². The fourth-order valence-corrected chi connectivity index (χ4v) is 5.38. The van der Waals surface area contributed by atoms with Crippen LogP contribution in [0.5, 0.6) is 0 Å². The molecular weight excluding hydrogens is 764 g/mol. The first-order chi connectivity index (χ1) is 24.0. The van der Waals surface area contributed by atoms with Crippen LogP contribution in [0.3, 0.4) is 0 Å². The van der Waals surface area contributed by atoms with Crippen molar-refractivity contribution in [1.82, 2.24) is 0 Å². The minimum Gasteiger partial charge on any atom is -0.454 e. The van der Waals surface area contributed by atoms with Crippen molar-refractivity contribution in [3.8, 4) is 0 Å². The number of rotatable bonds is 8. The first kappa shape index (κ1) is 44.3. The third-order valence-electron chi connectivity index (χ3n) is 9.09. The Kier molecular flexibility index (Phi) is 13.0. The molecular formula is C30H36F12O11. The molecule has 4 aliphatic rings. The van der Waals surface area contributed by atoms with Crippen molar-refractivity contribution in [2.45, 2.75) is 147 Å². The maximum Gasteiger partial charge on any atom is 0.434 e. The molecule has 1 spiro atoms. The standard InChI is InChI=1S/C22H26F6O9.C8H10F6O2/c1-4-19(2,3)18(31)34-12-10-11(32-15(12)30)13-16(33-10)37-20(36-13)7-5-9(6-8-20)14(29)35-17(21(23,24)25)22(26,27)28;1-3-4(2)5(15)16-6(7(9,10)11)8(12,13)14/h9-13,16-17H,4-8H2,1-3H3;4,6H,3H2,1-2H3. The number of esters is 4. The van der Waals surface area contributed by atoms with Gasteiger partial charge in [0, 0.05) is 12.8 Å². The Morgan fingerprint density at radius 3 is 1.72 bits per heavy atom. The highest BCUT2D eigenvalue weighted by molar-refractivity contribution is 5.84. The van der Waals surface area contributed by atoms with Gasteiger partial charge >= 0.3 is 48.6 Å². The number of ether oxygens (including phenoxy) is 7. The molecule has 4 rings (SSSR count). The molecule has 11 nitrogen and oxygen atoms in total. The Balaban J connectivity index is 0.000000399. The van der Waals surface area contributed by atoms with Crippen LogP contribution in [0.1, 0.15) is 73.1 Å². The highest BCUT2D eigenvalue weighted by Gasteiger charge is 2.67. The SMILES string of the molecule is CCC(C)(C)C(=O)OC1C(=O)OC2C3OC4(CCC(C(=O)OC(C(F)(F)F)C(F)(F)F)CC4)OC3OC12.CCC(C)C(=O)OC(C(F)(F)F)C(F)(F)F. The molecule has 0 aromatic rings. The van der Waals surface area contributed by atoms with E-state index < -0.39 is 115 Å². The topological polar surface area (TPSA) is 133 Å². The molecule has 0 bridgehead atoms. The molecule has 4 fully saturated rings. The Morgan fingerprint density at radius 2 is 1.26 bits per heavy atom. The molecule has 0 aromatic carbocycles. The summed E-state index contributed by atoms with van der Waals surface area (Å²) in [5, 5.41) is 0. The van der Waals surface area contributed by atoms with Gasteiger partial charge in [0.25, 0.3) is 12.2 Å². The normalized spacial score (nSPS) is 29.6. The lowest BCUT2D eigenvalue weighted by atomic mass is 9.85. The Hall–Kier alpha value is -3.08. The lowest BCUT2D eigenvalue weighted by Crippen LogP contribution is -2.47. The second kappa shape index (κ2) is 15.6. The zero-order valence-corrected chi connectivity index (χ0v) is 28.5. The van der Waals surface area contributed by atoms with Crippen molar-refractivity contribution in [2.75, 3.05) is 0 Å². The van der Waals surface area contributed by atoms with Gasteiger partial charge in [0.05, 0.1) is 17.3 Å². The maximum atomic E-state index is 12.7. The third-order valence-corrected chi connectivity index (χ3v) is 9.09. The molecule has 6 atom stereocenters. The summed E-state index contributed by atoms with van der Waals surface area (Å²) in [7, 11) is 0. The highest BCUT2D eigenvalue weighted by Crippen LogP contribution is 2.49. The summed E-state index contributed by atoms with van der Waals surface area (Å²) in [6.45, 7) is 7.74. The van der Waals surface area contributed by atoms with Gasteiger partial charge in [0.2, 0.25) is 6.10 Å². The summed E-state index contributed by atoms with van der Waals surface area (Å²) < 4.78 is 183. The van der Waals surface area contributed by atoms with Gasteiger partial charge in [-0.05, 0) is 39.5 Å². The van der Waals surface area contributed by atoms with E-state index in [0.29, 0.717) is 6.42 Å². The first-order valence-electron chi connectivity index (χ1n) is 16.1. The molecule has 0 N–H and O–H groups in total. The van der Waals surface area contributed by atoms with E-state index in [1.807, 2.05) is 0 Å². The van der Waals surface area contributed by atoms with Crippen LogP contribution in [0.15, 0.2) is 0 Å². The van der Waals surface area contributed by atoms with Crippen LogP contribution >= 0.6 is 0 Å². The summed E-state index contributed by atoms with van der Waals surface area (Å²) in [4.78, 5) is 47.7. The fraction of sp³-hybridized carbons (Fsp3) is 0.867. The minimum absolute atomic E-state index is 0.0553. The predicted molar refractivity (Wildman–Crippen MR) is 147 cm³/mol. The zero-order valence-electron chi connectivity index (χ0n) is 28.5. The lowest BCUT2D eigenvalue weighted by molar-refractivity contribution is -0.315. The molecule has 0 amide bonds. The van der Waals surface area contributed by atoms with Crippen LogP contribution < -0.4 is 0 Å². The van der Waals surface area contributed by atoms with Crippen molar-refractivity contribution >= 4 is 23.9 Å². The average Bonchev–Trinajstić information content (AvgIpc) is 3.63. The van der Waals surface area contributed by atoms with E-state index in [4.69, 9.17) is 23.7 Å². The molecule has 53 heavy (non-hydrogen) atoms. The second-order valence-electron chi connectivity index (χ2n) is 13.4. The molecule has 6 unspecified atom stereocenters. The predicted octanol–water partition coefficient (Wildman–Crippen LogP) is 6.39. The van der Waals surface area contributed by atoms with Crippen molar-refractivity contribution in [3.05, 3.63) is 0 Å². The number of fused-ring (bicyclic) bond motifs is 3. The monoisotopic (exact) mass is 800 g/mol. The molecule has 306 valence electrons. The first-order valence-corrected chi connectivity index (χ1v) is 16.1. The van der Waals surface area contributed by atoms with E-state index in [9.17, 15) is 71.9 Å². The van der Waals surface area contributed by atoms with E-state index in [0.717, 1.165) is 0 Å². The lowest BCUT2D eigenvalue weighted by Gasteiger charge is -2.36. The van der Waals surface area contributed by atoms with E-state index >= 15 is 0 Å². The quantitative estimate of drug-likeness (QED) is 0.154. The van der Waals surface area contributed by atoms with Crippen LogP contribution in [0, 0.1) is 17.3 Å². The number of hydrogen-bond donors (Lipinski definition) is 0. The largest absolute Gasteiger partial charge is 0.454 e. The molecule has 23 heteroatoms. The summed E-state index contributed by atoms with van der Waals surface area (Å²) in [5.41, 5.74) is -0.843. The molecule has 3 saturated heterocycles. The molecule has 3 aliphatic heterocycles. The molecule has 0 aromatic heterocycles. The summed E-state index contributed by atoms with van der Waals surface area (Å²) >= 11 is 0. The van der Waals surface area contributed by atoms with Crippen molar-refractivity contribution in [1.29, 1.82) is 0 Å². The van der Waals surface area contributed by atoms with Crippen LogP contribution in [0.25, 0.3) is 0 Å². The van der Waals surface area contributed by atoms with E-state index in [1.165, 1.54) is 13.8 Å². The van der Waals surface area contributed by atoms with Gasteiger partial charge in [-0.3, -0.25) is 14.4 Å². The molecule has 0 radical (unpaired) electrons. The van der Waals surface area contributed by atoms with E-state index in [2.05, 4.69) is 9.47 Å². The Labute approximate surface area is 293 Å². The third kappa shape index (κ3) is 10.4. The smallest absolute Gasteiger partial charge is 0.434 e. The maximum absolute atomic E-state index is 12.7. The number of carbonyl (C=O) groups excluding carboxylic acids is 4. The van der Waals surface area contributed by atoms with Crippen LogP contribution in [0.4, 0.5) is 52.7 Å². The number of hydrogen-bond acceptors (Lipinski definition) is 11. The van der Waals surface area contributed by atoms with E-state index in [1.54, 1.807) is 20.8 Å². The summed E-state index contributed by atoms with van der Waals surface area (Å²) in [6, 6.07) is 0. The van der Waals surface area contributed by atoms with Gasteiger partial charge < -0.3 is 33.2 Å². The zero-order chi connectivity index (χ0) is 40.7. The highest BCUT2D eigenvalue weighted by atomic mass is 19.4. The van der Waals surface area contributed by atoms with Crippen molar-refractivity contribution in [3.63, 3.8) is 0 Å². The number of halogens is 12. The molecule has 1 aliphatic carbocycles. The van der Waals surface area contributed by atoms with Gasteiger partial charge in [-0.15, -0.1) is 0 Å². The van der Waals surface area contributed by atoms with Crippen LogP contribution in [0.2, 0.25) is 0 Å². The van der Waals surface area contributed by atoms with Crippen LogP contribution in [-0.2, 0) is 52.3 Å². The van der Waals surface area contributed by atoms with Gasteiger partial charge in [0.15, 0.2) is 24.3 Å². The number of carbonyl (C=O) groups is 4. The fourth-order valence-electron chi connectivity index (χ4n) is 5.38. The van der Waals surface area contributed by atoms with E-state index in [-0.39, 0.29) is 32.1 Å². The van der Waals surface area contributed by atoms with Gasteiger partial charge in [0.1, 0.15) is 6.10 Å². The summed E-state index contributed by atoms with van der Waals surface area (Å²) in [6.07, 6.45) is -36.2. The summed E-state index contributed by atoms with van der Waals surface area (Å²) in [5.74, 6) is -8.12. The average molecular weight is 801 g/mol. The Bertz CT molecular complexity index is 1310. The van der Waals surface area contributed by atoms with Crippen LogP contribution in [-0.4, -0.2) is 97.3 Å². The van der Waals surface area contributed by atoms with Gasteiger partial charge in [-0.25, -0.2) is 4.79 Å². The molecule has 1 saturated carbocycles. The molecule has 3 heterocycles.